The van der Waals surface area contributed by atoms with Gasteiger partial charge >= 0.3 is 6.09 Å². The number of amides is 1. The van der Waals surface area contributed by atoms with Gasteiger partial charge in [-0.2, -0.15) is 0 Å². The Balaban J connectivity index is 0.00000392. The molecule has 0 aliphatic carbocycles. The van der Waals surface area contributed by atoms with E-state index in [2.05, 4.69) is 15.6 Å². The number of aryl methyl sites for hydroxylation is 1. The van der Waals surface area contributed by atoms with Crippen LogP contribution < -0.4 is 10.6 Å². The second-order valence-corrected chi connectivity index (χ2v) is 6.75. The van der Waals surface area contributed by atoms with Gasteiger partial charge in [-0.05, 0) is 39.2 Å². The van der Waals surface area contributed by atoms with Crippen molar-refractivity contribution in [2.45, 2.75) is 45.8 Å². The molecule has 1 amide bonds. The van der Waals surface area contributed by atoms with Crippen molar-refractivity contribution in [1.82, 2.24) is 15.5 Å². The molecule has 0 bridgehead atoms. The third-order valence-electron chi connectivity index (χ3n) is 4.59. The minimum Gasteiger partial charge on any atom is -0.450 e. The van der Waals surface area contributed by atoms with Crippen molar-refractivity contribution in [2.75, 3.05) is 32.8 Å². The highest BCUT2D eigenvalue weighted by Crippen LogP contribution is 2.14. The average Bonchev–Trinajstić information content (AvgIpc) is 2.67. The molecule has 1 saturated heterocycles. The van der Waals surface area contributed by atoms with Gasteiger partial charge in [-0.15, -0.1) is 24.0 Å². The van der Waals surface area contributed by atoms with Crippen molar-refractivity contribution in [2.24, 2.45) is 4.99 Å². The largest absolute Gasteiger partial charge is 0.450 e. The molecular formula is C20H33IN4O3. The molecule has 1 aromatic rings. The van der Waals surface area contributed by atoms with Gasteiger partial charge in [0.05, 0.1) is 19.3 Å². The van der Waals surface area contributed by atoms with E-state index in [0.29, 0.717) is 32.2 Å². The molecule has 1 aromatic carbocycles. The number of guanidine groups is 1. The molecule has 0 saturated carbocycles. The second kappa shape index (κ2) is 12.8. The molecule has 1 unspecified atom stereocenters. The lowest BCUT2D eigenvalue weighted by molar-refractivity contribution is 0.0963. The van der Waals surface area contributed by atoms with E-state index in [1.54, 1.807) is 4.90 Å². The van der Waals surface area contributed by atoms with Crippen LogP contribution in [0.2, 0.25) is 0 Å². The minimum atomic E-state index is -0.633. The van der Waals surface area contributed by atoms with Crippen molar-refractivity contribution in [1.29, 1.82) is 0 Å². The minimum absolute atomic E-state index is 0. The van der Waals surface area contributed by atoms with E-state index in [9.17, 15) is 9.90 Å². The first-order valence-electron chi connectivity index (χ1n) is 9.74. The highest BCUT2D eigenvalue weighted by Gasteiger charge is 2.24. The fraction of sp³-hybridized carbons (Fsp3) is 0.600. The van der Waals surface area contributed by atoms with Crippen LogP contribution in [0.5, 0.6) is 0 Å². The molecule has 1 aliphatic rings. The molecule has 0 radical (unpaired) electrons. The Morgan fingerprint density at radius 1 is 1.29 bits per heavy atom. The molecule has 158 valence electrons. The molecule has 2 rings (SSSR count). The number of carbonyl (C=O) groups excluding carboxylic acids is 1. The van der Waals surface area contributed by atoms with Crippen molar-refractivity contribution in [3.8, 4) is 0 Å². The second-order valence-electron chi connectivity index (χ2n) is 6.75. The first-order valence-corrected chi connectivity index (χ1v) is 9.74. The molecule has 0 aromatic heterocycles. The number of carbonyl (C=O) groups is 1. The molecule has 1 aliphatic heterocycles. The maximum atomic E-state index is 11.8. The topological polar surface area (TPSA) is 86.2 Å². The van der Waals surface area contributed by atoms with Gasteiger partial charge in [-0.25, -0.2) is 4.79 Å². The van der Waals surface area contributed by atoms with Crippen LogP contribution in [0.1, 0.15) is 43.9 Å². The summed E-state index contributed by atoms with van der Waals surface area (Å²) in [5.41, 5.74) is 2.03. The van der Waals surface area contributed by atoms with Crippen LogP contribution in [0.3, 0.4) is 0 Å². The van der Waals surface area contributed by atoms with Crippen LogP contribution in [-0.2, 0) is 4.74 Å². The molecule has 1 atom stereocenters. The highest BCUT2D eigenvalue weighted by molar-refractivity contribution is 14.0. The monoisotopic (exact) mass is 504 g/mol. The Kier molecular flexibility index (Phi) is 11.2. The number of nitrogens with one attached hydrogen (secondary N) is 2. The maximum Gasteiger partial charge on any atom is 0.409 e. The number of likely N-dealkylation sites (tertiary alicyclic amines) is 1. The number of aliphatic hydroxyl groups excluding tert-OH is 1. The van der Waals surface area contributed by atoms with Crippen LogP contribution in [0.15, 0.2) is 29.3 Å². The summed E-state index contributed by atoms with van der Waals surface area (Å²) in [6.07, 6.45) is 0.803. The third kappa shape index (κ3) is 7.83. The molecule has 1 fully saturated rings. The Bertz CT molecular complexity index is 616. The molecule has 0 spiro atoms. The number of aliphatic hydroxyl groups is 1. The maximum absolute atomic E-state index is 11.8. The summed E-state index contributed by atoms with van der Waals surface area (Å²) in [5.74, 6) is 0.693. The van der Waals surface area contributed by atoms with Crippen molar-refractivity contribution < 1.29 is 14.6 Å². The number of nitrogens with zero attached hydrogens (tertiary/aromatic N) is 2. The van der Waals surface area contributed by atoms with E-state index in [0.717, 1.165) is 24.9 Å². The van der Waals surface area contributed by atoms with Gasteiger partial charge in [0.2, 0.25) is 0 Å². The summed E-state index contributed by atoms with van der Waals surface area (Å²) in [7, 11) is 0. The number of rotatable bonds is 6. The van der Waals surface area contributed by atoms with E-state index in [-0.39, 0.29) is 36.1 Å². The number of hydrogen-bond donors (Lipinski definition) is 3. The Hall–Kier alpha value is -1.55. The van der Waals surface area contributed by atoms with Gasteiger partial charge in [0.1, 0.15) is 0 Å². The van der Waals surface area contributed by atoms with Crippen LogP contribution >= 0.6 is 24.0 Å². The first kappa shape index (κ1) is 24.5. The zero-order chi connectivity index (χ0) is 19.6. The van der Waals surface area contributed by atoms with Crippen LogP contribution in [0, 0.1) is 6.92 Å². The van der Waals surface area contributed by atoms with E-state index in [1.807, 2.05) is 45.0 Å². The molecule has 8 heteroatoms. The smallest absolute Gasteiger partial charge is 0.409 e. The van der Waals surface area contributed by atoms with Crippen molar-refractivity contribution in [3.05, 3.63) is 35.4 Å². The molecule has 3 N–H and O–H groups in total. The summed E-state index contributed by atoms with van der Waals surface area (Å²) in [6.45, 7) is 8.62. The van der Waals surface area contributed by atoms with Gasteiger partial charge in [0.15, 0.2) is 5.96 Å². The summed E-state index contributed by atoms with van der Waals surface area (Å²) >= 11 is 0. The van der Waals surface area contributed by atoms with E-state index < -0.39 is 6.10 Å². The SMILES string of the molecule is CCNC(=NCC(O)c1ccc(C)cc1)NC1CCN(C(=O)OCC)CC1.I. The van der Waals surface area contributed by atoms with Gasteiger partial charge in [-0.3, -0.25) is 4.99 Å². The van der Waals surface area contributed by atoms with Crippen LogP contribution in [0.25, 0.3) is 0 Å². The highest BCUT2D eigenvalue weighted by atomic mass is 127. The summed E-state index contributed by atoms with van der Waals surface area (Å²) in [4.78, 5) is 18.1. The normalized spacial score (nSPS) is 16.1. The molecule has 7 nitrogen and oxygen atoms in total. The molecule has 28 heavy (non-hydrogen) atoms. The third-order valence-corrected chi connectivity index (χ3v) is 4.59. The van der Waals surface area contributed by atoms with Gasteiger partial charge in [0, 0.05) is 25.7 Å². The lowest BCUT2D eigenvalue weighted by Gasteiger charge is -2.32. The quantitative estimate of drug-likeness (QED) is 0.315. The Labute approximate surface area is 185 Å². The van der Waals surface area contributed by atoms with Gasteiger partial charge < -0.3 is 25.4 Å². The Morgan fingerprint density at radius 2 is 1.93 bits per heavy atom. The Morgan fingerprint density at radius 3 is 2.50 bits per heavy atom. The number of hydrogen-bond acceptors (Lipinski definition) is 4. The van der Waals surface area contributed by atoms with E-state index in [1.165, 1.54) is 5.56 Å². The zero-order valence-electron chi connectivity index (χ0n) is 17.0. The lowest BCUT2D eigenvalue weighted by Crippen LogP contribution is -2.50. The predicted molar refractivity (Wildman–Crippen MR) is 122 cm³/mol. The number of ether oxygens (including phenoxy) is 1. The van der Waals surface area contributed by atoms with Gasteiger partial charge in [-0.1, -0.05) is 29.8 Å². The number of benzene rings is 1. The number of aliphatic imine (C=N–C) groups is 1. The van der Waals surface area contributed by atoms with Crippen molar-refractivity contribution in [3.63, 3.8) is 0 Å². The van der Waals surface area contributed by atoms with E-state index >= 15 is 0 Å². The molecular weight excluding hydrogens is 471 g/mol. The van der Waals surface area contributed by atoms with Crippen LogP contribution in [0.4, 0.5) is 4.79 Å². The summed E-state index contributed by atoms with van der Waals surface area (Å²) in [5, 5.41) is 17.0. The number of piperidine rings is 1. The van der Waals surface area contributed by atoms with Crippen molar-refractivity contribution >= 4 is 36.0 Å². The lowest BCUT2D eigenvalue weighted by atomic mass is 10.1. The summed E-state index contributed by atoms with van der Waals surface area (Å²) in [6, 6.07) is 8.08. The van der Waals surface area contributed by atoms with E-state index in [4.69, 9.17) is 4.74 Å². The average molecular weight is 504 g/mol. The zero-order valence-corrected chi connectivity index (χ0v) is 19.3. The fourth-order valence-electron chi connectivity index (χ4n) is 3.01. The predicted octanol–water partition coefficient (Wildman–Crippen LogP) is 2.82. The fourth-order valence-corrected chi connectivity index (χ4v) is 3.01. The first-order chi connectivity index (χ1) is 13.0. The summed E-state index contributed by atoms with van der Waals surface area (Å²) < 4.78 is 5.05. The number of halogens is 1. The van der Waals surface area contributed by atoms with Crippen LogP contribution in [-0.4, -0.2) is 60.9 Å². The standard InChI is InChI=1S/C20H32N4O3.HI/c1-4-21-19(22-14-18(25)16-8-6-15(3)7-9-16)23-17-10-12-24(13-11-17)20(26)27-5-2;/h6-9,17-18,25H,4-5,10-14H2,1-3H3,(H2,21,22,23);1H. The molecule has 1 heterocycles. The van der Waals surface area contributed by atoms with Gasteiger partial charge in [0.25, 0.3) is 0 Å².